The lowest BCUT2D eigenvalue weighted by molar-refractivity contribution is -0.213. The second kappa shape index (κ2) is 19.3. The zero-order valence-corrected chi connectivity index (χ0v) is 33.0. The number of hydrogen-bond donors (Lipinski definition) is 9. The first-order valence-corrected chi connectivity index (χ1v) is 18.2. The lowest BCUT2D eigenvalue weighted by atomic mass is 9.90. The Balaban J connectivity index is 0.000000208. The summed E-state index contributed by atoms with van der Waals surface area (Å²) in [6.45, 7) is 7.54. The summed E-state index contributed by atoms with van der Waals surface area (Å²) in [4.78, 5) is 15.1. The Morgan fingerprint density at radius 2 is 1.02 bits per heavy atom. The molecule has 12 N–H and O–H groups in total. The Hall–Kier alpha value is -5.85. The third-order valence-corrected chi connectivity index (χ3v) is 10.5. The summed E-state index contributed by atoms with van der Waals surface area (Å²) in [6, 6.07) is 0. The highest BCUT2D eigenvalue weighted by molar-refractivity contribution is 5.93. The van der Waals surface area contributed by atoms with Gasteiger partial charge in [0.2, 0.25) is 6.43 Å². The van der Waals surface area contributed by atoms with E-state index in [-0.39, 0.29) is 35.0 Å². The molecule has 3 fully saturated rings. The smallest absolute Gasteiger partial charge is 0.392 e. The first-order chi connectivity index (χ1) is 29.5. The van der Waals surface area contributed by atoms with Gasteiger partial charge in [-0.25, -0.2) is 23.8 Å². The topological polar surface area (TPSA) is 274 Å². The summed E-state index contributed by atoms with van der Waals surface area (Å²) < 4.78 is 95.8. The SMILES string of the molecule is C#C[C@]1(CO)O[C@@H](N2C=CC(N)=NC2=C)[C@@H](C(F)(F)F)[C@@H]1O.C#C[C@]1(CO)O[C@@H](N2C=CC(N)=NC2=C)[C@@H](C(F)F)[C@@H]1O.C#C[C@]1(CO)O[C@@H](N2C=CC(N)=NC2=C)[C@@H](CF)[C@@H]1O. The molecule has 0 amide bonds. The molecule has 0 saturated carbocycles. The summed E-state index contributed by atoms with van der Waals surface area (Å²) in [6.07, 6.45) is 7.00. The van der Waals surface area contributed by atoms with Crippen LogP contribution in [-0.4, -0.2) is 156 Å². The molecule has 24 heteroatoms. The molecule has 0 unspecified atom stereocenters. The number of hydrogen-bond acceptors (Lipinski definition) is 18. The maximum atomic E-state index is 13.3. The van der Waals surface area contributed by atoms with Gasteiger partial charge in [-0.15, -0.1) is 19.3 Å². The number of terminal acetylenes is 3. The third kappa shape index (κ3) is 9.43. The van der Waals surface area contributed by atoms with E-state index in [0.29, 0.717) is 0 Å². The van der Waals surface area contributed by atoms with Crippen LogP contribution in [0.1, 0.15) is 0 Å². The summed E-state index contributed by atoms with van der Waals surface area (Å²) in [5.41, 5.74) is 10.7. The van der Waals surface area contributed by atoms with Crippen molar-refractivity contribution in [2.75, 3.05) is 26.5 Å². The monoisotopic (exact) mass is 897 g/mol. The van der Waals surface area contributed by atoms with Crippen LogP contribution in [0.25, 0.3) is 0 Å². The molecule has 6 rings (SSSR count). The molecule has 0 aliphatic carbocycles. The van der Waals surface area contributed by atoms with E-state index in [1.807, 2.05) is 5.92 Å². The van der Waals surface area contributed by atoms with Gasteiger partial charge in [0.15, 0.2) is 23.0 Å². The standard InChI is InChI=1S/C13H14F3N3O3.C13H15F2N3O3.C13H16FN3O3/c1-3-12(6-20)10(21)9(13(14,15)16)11(22-12)19-5-4-8(17)18-7(19)2;1-3-13(6-19)10(20)9(11(14)15)12(21-13)18-5-4-8(16)17-7(18)2;1-3-13(7-18)11(19)9(6-14)12(20-13)17-5-4-10(15)16-8(17)2/h1,4-5,9-11,20-21H,2,6H2,(H2,17,18);1,4-5,9-12,19-20H,2,6H2,(H2,16,17);1,4-5,9,11-12,18-19H,2,6-7H2,(H2,15,16)/t9-,10-,11+,12+;9-,10+,12-,13-;9-,11-,12+,13+/m010/s1. The average molecular weight is 898 g/mol. The number of nitrogens with two attached hydrogens (primary N) is 3. The molecule has 3 saturated heterocycles. The molecule has 6 aliphatic rings. The van der Waals surface area contributed by atoms with Gasteiger partial charge in [-0.2, -0.15) is 13.2 Å². The number of aliphatic hydroxyl groups excluding tert-OH is 6. The van der Waals surface area contributed by atoms with Crippen LogP contribution in [0.5, 0.6) is 0 Å². The minimum Gasteiger partial charge on any atom is -0.392 e. The molecular formula is C39H45F6N9O9. The van der Waals surface area contributed by atoms with Crippen LogP contribution in [0.2, 0.25) is 0 Å². The van der Waals surface area contributed by atoms with Crippen LogP contribution in [0.3, 0.4) is 0 Å². The van der Waals surface area contributed by atoms with Gasteiger partial charge in [-0.05, 0) is 18.2 Å². The summed E-state index contributed by atoms with van der Waals surface area (Å²) in [5.74, 6) is 1.94. The molecule has 342 valence electrons. The van der Waals surface area contributed by atoms with Crippen molar-refractivity contribution >= 4 is 17.5 Å². The Morgan fingerprint density at radius 3 is 1.37 bits per heavy atom. The molecule has 0 radical (unpaired) electrons. The van der Waals surface area contributed by atoms with Crippen LogP contribution in [0, 0.1) is 54.8 Å². The van der Waals surface area contributed by atoms with Crippen LogP contribution < -0.4 is 17.2 Å². The number of aliphatic imine (C=N–C) groups is 3. The molecule has 6 heterocycles. The quantitative estimate of drug-likeness (QED) is 0.103. The number of aliphatic hydroxyl groups is 6. The lowest BCUT2D eigenvalue weighted by Gasteiger charge is -2.33. The van der Waals surface area contributed by atoms with Crippen molar-refractivity contribution in [3.63, 3.8) is 0 Å². The Morgan fingerprint density at radius 1 is 0.667 bits per heavy atom. The largest absolute Gasteiger partial charge is 0.398 e. The highest BCUT2D eigenvalue weighted by Gasteiger charge is 2.65. The Kier molecular flexibility index (Phi) is 15.2. The van der Waals surface area contributed by atoms with Gasteiger partial charge in [-0.1, -0.05) is 37.5 Å². The number of amidine groups is 3. The minimum absolute atomic E-state index is 0.0636. The van der Waals surface area contributed by atoms with Gasteiger partial charge in [0.1, 0.15) is 71.7 Å². The molecule has 6 aliphatic heterocycles. The second-order valence-electron chi connectivity index (χ2n) is 14.3. The fourth-order valence-electron chi connectivity index (χ4n) is 7.05. The fraction of sp³-hybridized carbons (Fsp3) is 0.462. The molecule has 0 aromatic rings. The maximum absolute atomic E-state index is 13.3. The van der Waals surface area contributed by atoms with Crippen LogP contribution >= 0.6 is 0 Å². The van der Waals surface area contributed by atoms with E-state index in [0.717, 1.165) is 4.90 Å². The van der Waals surface area contributed by atoms with Gasteiger partial charge >= 0.3 is 6.18 Å². The van der Waals surface area contributed by atoms with Crippen LogP contribution in [0.4, 0.5) is 26.3 Å². The van der Waals surface area contributed by atoms with Gasteiger partial charge in [0, 0.05) is 18.6 Å². The first-order valence-electron chi connectivity index (χ1n) is 18.2. The van der Waals surface area contributed by atoms with Crippen LogP contribution in [-0.2, 0) is 14.2 Å². The van der Waals surface area contributed by atoms with E-state index in [2.05, 4.69) is 46.6 Å². The molecule has 63 heavy (non-hydrogen) atoms. The molecule has 18 nitrogen and oxygen atoms in total. The maximum Gasteiger partial charge on any atom is 0.398 e. The van der Waals surface area contributed by atoms with Crippen molar-refractivity contribution in [2.45, 2.75) is 66.4 Å². The van der Waals surface area contributed by atoms with Crippen molar-refractivity contribution in [1.29, 1.82) is 0 Å². The first kappa shape index (κ1) is 49.8. The fourth-order valence-corrected chi connectivity index (χ4v) is 7.05. The zero-order chi connectivity index (χ0) is 47.4. The van der Waals surface area contributed by atoms with E-state index in [4.69, 9.17) is 50.7 Å². The third-order valence-electron chi connectivity index (χ3n) is 10.5. The molecule has 0 bridgehead atoms. The lowest BCUT2D eigenvalue weighted by Crippen LogP contribution is -2.47. The van der Waals surface area contributed by atoms with E-state index >= 15 is 0 Å². The van der Waals surface area contributed by atoms with Crippen molar-refractivity contribution in [3.8, 4) is 37.0 Å². The summed E-state index contributed by atoms with van der Waals surface area (Å²) in [7, 11) is 0. The molecule has 0 spiro atoms. The highest BCUT2D eigenvalue weighted by Crippen LogP contribution is 2.47. The Labute approximate surface area is 357 Å². The Bertz CT molecular complexity index is 2100. The van der Waals surface area contributed by atoms with E-state index in [1.54, 1.807) is 0 Å². The summed E-state index contributed by atoms with van der Waals surface area (Å²) >= 11 is 0. The molecule has 0 aromatic carbocycles. The van der Waals surface area contributed by atoms with Crippen molar-refractivity contribution in [1.82, 2.24) is 14.7 Å². The number of alkyl halides is 6. The number of nitrogens with zero attached hydrogens (tertiary/aromatic N) is 6. The van der Waals surface area contributed by atoms with Crippen molar-refractivity contribution < 1.29 is 71.2 Å². The molecular weight excluding hydrogens is 852 g/mol. The average Bonchev–Trinajstić information content (AvgIpc) is 3.81. The van der Waals surface area contributed by atoms with Gasteiger partial charge < -0.3 is 76.8 Å². The number of halogens is 6. The summed E-state index contributed by atoms with van der Waals surface area (Å²) in [5, 5.41) is 58.2. The molecule has 0 aromatic heterocycles. The van der Waals surface area contributed by atoms with E-state index in [1.165, 1.54) is 46.6 Å². The normalized spacial score (nSPS) is 36.1. The predicted octanol–water partition coefficient (Wildman–Crippen LogP) is -1.18. The van der Waals surface area contributed by atoms with Crippen molar-refractivity contribution in [2.24, 2.45) is 49.9 Å². The van der Waals surface area contributed by atoms with Gasteiger partial charge in [0.25, 0.3) is 0 Å². The van der Waals surface area contributed by atoms with E-state index in [9.17, 15) is 57.0 Å². The van der Waals surface area contributed by atoms with Gasteiger partial charge in [-0.3, -0.25) is 4.39 Å². The number of ether oxygens (including phenoxy) is 3. The second-order valence-corrected chi connectivity index (χ2v) is 14.3. The molecule has 12 atom stereocenters. The van der Waals surface area contributed by atoms with Crippen molar-refractivity contribution in [3.05, 3.63) is 74.0 Å². The zero-order valence-electron chi connectivity index (χ0n) is 33.0. The predicted molar refractivity (Wildman–Crippen MR) is 212 cm³/mol. The highest BCUT2D eigenvalue weighted by atomic mass is 19.4. The van der Waals surface area contributed by atoms with E-state index < -0.39 is 111 Å². The number of rotatable bonds is 8. The van der Waals surface area contributed by atoms with Gasteiger partial charge in [0.05, 0.1) is 38.3 Å². The van der Waals surface area contributed by atoms with Crippen LogP contribution in [0.15, 0.2) is 89.0 Å². The minimum atomic E-state index is -4.82.